The predicted octanol–water partition coefficient (Wildman–Crippen LogP) is 3.33. The van der Waals surface area contributed by atoms with Gasteiger partial charge in [-0.05, 0) is 26.7 Å². The van der Waals surface area contributed by atoms with Crippen molar-refractivity contribution in [2.24, 2.45) is 0 Å². The molecule has 0 aliphatic heterocycles. The largest absolute Gasteiger partial charge is 0.478 e. The number of unbranched alkanes of at least 4 members (excludes halogenated alkanes) is 1. The lowest BCUT2D eigenvalue weighted by Gasteiger charge is -2.09. The van der Waals surface area contributed by atoms with E-state index in [1.165, 1.54) is 0 Å². The van der Waals surface area contributed by atoms with Crippen LogP contribution in [-0.2, 0) is 0 Å². The number of hydrogen-bond donors (Lipinski definition) is 1. The Morgan fingerprint density at radius 1 is 1.26 bits per heavy atom. The number of aryl methyl sites for hydroxylation is 1. The van der Waals surface area contributed by atoms with Gasteiger partial charge in [0.1, 0.15) is 0 Å². The van der Waals surface area contributed by atoms with Crippen LogP contribution in [0.3, 0.4) is 0 Å². The van der Waals surface area contributed by atoms with Crippen molar-refractivity contribution in [1.29, 1.82) is 0 Å². The Hall–Kier alpha value is -1.53. The first-order valence-corrected chi connectivity index (χ1v) is 6.20. The van der Waals surface area contributed by atoms with E-state index in [1.807, 2.05) is 6.92 Å². The second-order valence-corrected chi connectivity index (χ2v) is 4.10. The zero-order valence-electron chi connectivity index (χ0n) is 11.0. The molecule has 0 amide bonds. The molecule has 0 spiro atoms. The monoisotopic (exact) mass is 277 g/mol. The molecular weight excluding hydrogens is 259 g/mol. The molecule has 0 radical (unpaired) electrons. The fourth-order valence-electron chi connectivity index (χ4n) is 1.49. The number of nitrogens with one attached hydrogen (secondary N) is 1. The van der Waals surface area contributed by atoms with Gasteiger partial charge in [0, 0.05) is 24.7 Å². The van der Waals surface area contributed by atoms with Crippen LogP contribution in [-0.4, -0.2) is 29.3 Å². The van der Waals surface area contributed by atoms with Crippen LogP contribution in [0.2, 0.25) is 0 Å². The minimum Gasteiger partial charge on any atom is -0.478 e. The number of alkyl halides is 3. The van der Waals surface area contributed by atoms with Crippen LogP contribution < -0.4 is 10.1 Å². The van der Waals surface area contributed by atoms with Crippen molar-refractivity contribution in [3.8, 4) is 5.88 Å². The first kappa shape index (κ1) is 15.5. The summed E-state index contributed by atoms with van der Waals surface area (Å²) >= 11 is 0. The second-order valence-electron chi connectivity index (χ2n) is 4.10. The van der Waals surface area contributed by atoms with Crippen LogP contribution in [0.4, 0.5) is 19.1 Å². The van der Waals surface area contributed by atoms with E-state index in [0.29, 0.717) is 31.4 Å². The minimum absolute atomic E-state index is 0.0979. The Balaban J connectivity index is 2.36. The molecule has 0 aliphatic carbocycles. The third-order valence-electron chi connectivity index (χ3n) is 2.29. The van der Waals surface area contributed by atoms with Gasteiger partial charge in [-0.25, -0.2) is 4.98 Å². The van der Waals surface area contributed by atoms with Crippen molar-refractivity contribution in [2.45, 2.75) is 39.3 Å². The van der Waals surface area contributed by atoms with Crippen molar-refractivity contribution in [3.05, 3.63) is 11.8 Å². The first-order valence-electron chi connectivity index (χ1n) is 6.20. The predicted molar refractivity (Wildman–Crippen MR) is 66.3 cm³/mol. The van der Waals surface area contributed by atoms with Gasteiger partial charge in [0.2, 0.25) is 11.8 Å². The zero-order chi connectivity index (χ0) is 14.3. The lowest BCUT2D eigenvalue weighted by Crippen LogP contribution is -2.10. The number of anilines is 1. The molecule has 0 bridgehead atoms. The minimum atomic E-state index is -4.08. The summed E-state index contributed by atoms with van der Waals surface area (Å²) < 4.78 is 41.1. The van der Waals surface area contributed by atoms with Crippen molar-refractivity contribution >= 4 is 5.95 Å². The average Bonchev–Trinajstić information content (AvgIpc) is 2.26. The van der Waals surface area contributed by atoms with Gasteiger partial charge in [-0.3, -0.25) is 0 Å². The Morgan fingerprint density at radius 2 is 2.00 bits per heavy atom. The molecule has 7 heteroatoms. The molecule has 0 aliphatic rings. The van der Waals surface area contributed by atoms with E-state index in [4.69, 9.17) is 4.74 Å². The van der Waals surface area contributed by atoms with E-state index < -0.39 is 12.6 Å². The quantitative estimate of drug-likeness (QED) is 0.777. The second kappa shape index (κ2) is 7.16. The lowest BCUT2D eigenvalue weighted by atomic mass is 10.2. The van der Waals surface area contributed by atoms with Gasteiger partial charge in [-0.1, -0.05) is 0 Å². The summed E-state index contributed by atoms with van der Waals surface area (Å²) in [5, 5.41) is 2.90. The number of rotatable bonds is 7. The molecule has 0 atom stereocenters. The Kier molecular flexibility index (Phi) is 5.85. The van der Waals surface area contributed by atoms with E-state index in [1.54, 1.807) is 13.0 Å². The van der Waals surface area contributed by atoms with Crippen molar-refractivity contribution in [1.82, 2.24) is 9.97 Å². The van der Waals surface area contributed by atoms with Gasteiger partial charge < -0.3 is 10.1 Å². The van der Waals surface area contributed by atoms with Crippen LogP contribution in [0.1, 0.15) is 31.9 Å². The van der Waals surface area contributed by atoms with Gasteiger partial charge in [0.25, 0.3) is 0 Å². The fraction of sp³-hybridized carbons (Fsp3) is 0.667. The summed E-state index contributed by atoms with van der Waals surface area (Å²) in [7, 11) is 0. The molecule has 1 aromatic heterocycles. The van der Waals surface area contributed by atoms with Crippen LogP contribution in [0.25, 0.3) is 0 Å². The average molecular weight is 277 g/mol. The Bertz CT molecular complexity index is 396. The van der Waals surface area contributed by atoms with E-state index >= 15 is 0 Å². The summed E-state index contributed by atoms with van der Waals surface area (Å²) in [5.74, 6) is 0.850. The Labute approximate surface area is 110 Å². The molecule has 0 saturated heterocycles. The molecule has 0 saturated carbocycles. The maximum atomic E-state index is 11.9. The Morgan fingerprint density at radius 3 is 2.63 bits per heavy atom. The SMILES string of the molecule is CCOc1cc(C)nc(NCCCCC(F)(F)F)n1. The number of aromatic nitrogens is 2. The highest BCUT2D eigenvalue weighted by molar-refractivity contribution is 5.30. The maximum Gasteiger partial charge on any atom is 0.389 e. The van der Waals surface area contributed by atoms with Crippen molar-refractivity contribution < 1.29 is 17.9 Å². The first-order chi connectivity index (χ1) is 8.90. The molecule has 1 N–H and O–H groups in total. The van der Waals surface area contributed by atoms with Gasteiger partial charge in [0.15, 0.2) is 0 Å². The normalized spacial score (nSPS) is 11.4. The summed E-state index contributed by atoms with van der Waals surface area (Å²) in [5.41, 5.74) is 0.747. The van der Waals surface area contributed by atoms with E-state index in [0.717, 1.165) is 5.69 Å². The van der Waals surface area contributed by atoms with Crippen LogP contribution >= 0.6 is 0 Å². The maximum absolute atomic E-state index is 11.9. The van der Waals surface area contributed by atoms with Crippen molar-refractivity contribution in [3.63, 3.8) is 0 Å². The highest BCUT2D eigenvalue weighted by Crippen LogP contribution is 2.22. The molecule has 0 aromatic carbocycles. The standard InChI is InChI=1S/C12H18F3N3O/c1-3-19-10-8-9(2)17-11(18-10)16-7-5-4-6-12(13,14)15/h8H,3-7H2,1-2H3,(H,16,17,18). The third kappa shape index (κ3) is 6.83. The van der Waals surface area contributed by atoms with Gasteiger partial charge in [-0.15, -0.1) is 0 Å². The molecule has 1 rings (SSSR count). The summed E-state index contributed by atoms with van der Waals surface area (Å²) in [4.78, 5) is 8.24. The zero-order valence-corrected chi connectivity index (χ0v) is 11.0. The van der Waals surface area contributed by atoms with Crippen LogP contribution in [0.15, 0.2) is 6.07 Å². The van der Waals surface area contributed by atoms with Crippen LogP contribution in [0, 0.1) is 6.92 Å². The van der Waals surface area contributed by atoms with Gasteiger partial charge >= 0.3 is 6.18 Å². The topological polar surface area (TPSA) is 47.0 Å². The fourth-order valence-corrected chi connectivity index (χ4v) is 1.49. The lowest BCUT2D eigenvalue weighted by molar-refractivity contribution is -0.135. The summed E-state index contributed by atoms with van der Waals surface area (Å²) in [6.45, 7) is 4.56. The number of hydrogen-bond acceptors (Lipinski definition) is 4. The van der Waals surface area contributed by atoms with Crippen LogP contribution in [0.5, 0.6) is 5.88 Å². The molecule has 0 unspecified atom stereocenters. The third-order valence-corrected chi connectivity index (χ3v) is 2.29. The summed E-state index contributed by atoms with van der Waals surface area (Å²) in [6, 6.07) is 1.71. The highest BCUT2D eigenvalue weighted by atomic mass is 19.4. The molecule has 19 heavy (non-hydrogen) atoms. The van der Waals surface area contributed by atoms with Crippen molar-refractivity contribution in [2.75, 3.05) is 18.5 Å². The molecule has 108 valence electrons. The number of halogens is 3. The molecule has 1 heterocycles. The highest BCUT2D eigenvalue weighted by Gasteiger charge is 2.25. The van der Waals surface area contributed by atoms with E-state index in [-0.39, 0.29) is 6.42 Å². The van der Waals surface area contributed by atoms with E-state index in [2.05, 4.69) is 15.3 Å². The molecule has 4 nitrogen and oxygen atoms in total. The van der Waals surface area contributed by atoms with Gasteiger partial charge in [0.05, 0.1) is 6.61 Å². The molecule has 1 aromatic rings. The van der Waals surface area contributed by atoms with E-state index in [9.17, 15) is 13.2 Å². The number of ether oxygens (including phenoxy) is 1. The molecule has 0 fully saturated rings. The number of nitrogens with zero attached hydrogens (tertiary/aromatic N) is 2. The summed E-state index contributed by atoms with van der Waals surface area (Å²) in [6.07, 6.45) is -4.32. The smallest absolute Gasteiger partial charge is 0.389 e. The van der Waals surface area contributed by atoms with Gasteiger partial charge in [-0.2, -0.15) is 18.2 Å². The molecular formula is C12H18F3N3O.